The first kappa shape index (κ1) is 8.73. The molecule has 2 N–H and O–H groups in total. The second-order valence-electron chi connectivity index (χ2n) is 3.90. The molecule has 0 amide bonds. The minimum Gasteiger partial charge on any atom is -0.368 e. The van der Waals surface area contributed by atoms with Gasteiger partial charge in [-0.25, -0.2) is 0 Å². The van der Waals surface area contributed by atoms with Crippen molar-refractivity contribution < 1.29 is 10.2 Å². The molecule has 2 nitrogen and oxygen atoms in total. The highest BCUT2D eigenvalue weighted by atomic mass is 16.5. The van der Waals surface area contributed by atoms with Gasteiger partial charge in [0, 0.05) is 5.41 Å². The number of hydrogen-bond acceptors (Lipinski definition) is 2. The first-order valence-corrected chi connectivity index (χ1v) is 4.63. The van der Waals surface area contributed by atoms with Gasteiger partial charge in [-0.2, -0.15) is 0 Å². The van der Waals surface area contributed by atoms with Gasteiger partial charge in [-0.1, -0.05) is 30.3 Å². The van der Waals surface area contributed by atoms with Gasteiger partial charge in [0.2, 0.25) is 0 Å². The predicted octanol–water partition coefficient (Wildman–Crippen LogP) is 1.32. The van der Waals surface area contributed by atoms with E-state index >= 15 is 0 Å². The maximum Gasteiger partial charge on any atom is 0.157 e. The van der Waals surface area contributed by atoms with Crippen LogP contribution in [0.2, 0.25) is 0 Å². The Morgan fingerprint density at radius 1 is 1.15 bits per heavy atom. The van der Waals surface area contributed by atoms with E-state index in [0.717, 1.165) is 19.3 Å². The Balaban J connectivity index is 2.07. The number of hydrogen-bond donors (Lipinski definition) is 2. The maximum absolute atomic E-state index is 9.16. The van der Waals surface area contributed by atoms with Crippen molar-refractivity contribution in [1.29, 1.82) is 0 Å². The van der Waals surface area contributed by atoms with Crippen LogP contribution in [0.1, 0.15) is 18.4 Å². The second-order valence-corrected chi connectivity index (χ2v) is 3.90. The molecule has 1 aliphatic rings. The van der Waals surface area contributed by atoms with E-state index in [9.17, 15) is 0 Å². The van der Waals surface area contributed by atoms with Gasteiger partial charge in [0.25, 0.3) is 0 Å². The third-order valence-electron chi connectivity index (χ3n) is 2.84. The van der Waals surface area contributed by atoms with Gasteiger partial charge in [0.15, 0.2) is 6.29 Å². The molecule has 0 atom stereocenters. The molecule has 0 spiro atoms. The molecule has 0 unspecified atom stereocenters. The molecule has 1 aliphatic carbocycles. The third-order valence-corrected chi connectivity index (χ3v) is 2.84. The van der Waals surface area contributed by atoms with E-state index in [4.69, 9.17) is 10.2 Å². The number of aliphatic hydroxyl groups is 2. The zero-order valence-corrected chi connectivity index (χ0v) is 7.48. The molecule has 1 saturated carbocycles. The van der Waals surface area contributed by atoms with Gasteiger partial charge in [-0.15, -0.1) is 0 Å². The summed E-state index contributed by atoms with van der Waals surface area (Å²) in [6.45, 7) is 0. The normalized spacial score (nSPS) is 19.0. The van der Waals surface area contributed by atoms with E-state index in [1.54, 1.807) is 0 Å². The summed E-state index contributed by atoms with van der Waals surface area (Å²) >= 11 is 0. The van der Waals surface area contributed by atoms with Crippen molar-refractivity contribution in [2.75, 3.05) is 0 Å². The van der Waals surface area contributed by atoms with Crippen LogP contribution >= 0.6 is 0 Å². The largest absolute Gasteiger partial charge is 0.368 e. The predicted molar refractivity (Wildman–Crippen MR) is 50.0 cm³/mol. The fourth-order valence-corrected chi connectivity index (χ4v) is 1.69. The minimum absolute atomic E-state index is 0.235. The van der Waals surface area contributed by atoms with Gasteiger partial charge in [-0.3, -0.25) is 0 Å². The van der Waals surface area contributed by atoms with E-state index in [-0.39, 0.29) is 5.41 Å². The third kappa shape index (κ3) is 1.74. The van der Waals surface area contributed by atoms with Crippen LogP contribution in [0.3, 0.4) is 0 Å². The monoisotopic (exact) mass is 178 g/mol. The summed E-state index contributed by atoms with van der Waals surface area (Å²) in [4.78, 5) is 0. The Morgan fingerprint density at radius 2 is 1.77 bits per heavy atom. The van der Waals surface area contributed by atoms with Crippen LogP contribution in [0.5, 0.6) is 0 Å². The van der Waals surface area contributed by atoms with E-state index in [0.29, 0.717) is 0 Å². The van der Waals surface area contributed by atoms with E-state index in [1.807, 2.05) is 30.3 Å². The van der Waals surface area contributed by atoms with E-state index in [2.05, 4.69) is 0 Å². The minimum atomic E-state index is -1.16. The Labute approximate surface area is 77.8 Å². The Bertz CT molecular complexity index is 275. The van der Waals surface area contributed by atoms with E-state index < -0.39 is 6.29 Å². The molecule has 70 valence electrons. The highest BCUT2D eigenvalue weighted by Crippen LogP contribution is 2.50. The van der Waals surface area contributed by atoms with Gasteiger partial charge in [0.1, 0.15) is 0 Å². The summed E-state index contributed by atoms with van der Waals surface area (Å²) < 4.78 is 0. The fourth-order valence-electron chi connectivity index (χ4n) is 1.69. The molecular formula is C11H14O2. The van der Waals surface area contributed by atoms with Crippen LogP contribution in [0.4, 0.5) is 0 Å². The molecule has 0 aromatic heterocycles. The van der Waals surface area contributed by atoms with Crippen LogP contribution in [0.15, 0.2) is 30.3 Å². The lowest BCUT2D eigenvalue weighted by Crippen LogP contribution is -2.23. The average molecular weight is 178 g/mol. The summed E-state index contributed by atoms with van der Waals surface area (Å²) in [7, 11) is 0. The lowest BCUT2D eigenvalue weighted by atomic mass is 9.96. The van der Waals surface area contributed by atoms with Crippen molar-refractivity contribution in [3.05, 3.63) is 35.9 Å². The second kappa shape index (κ2) is 3.13. The van der Waals surface area contributed by atoms with Crippen molar-refractivity contribution in [1.82, 2.24) is 0 Å². The molecule has 0 heterocycles. The van der Waals surface area contributed by atoms with Crippen LogP contribution < -0.4 is 0 Å². The summed E-state index contributed by atoms with van der Waals surface area (Å²) in [6, 6.07) is 9.99. The van der Waals surface area contributed by atoms with Crippen LogP contribution in [-0.4, -0.2) is 16.5 Å². The van der Waals surface area contributed by atoms with E-state index in [1.165, 1.54) is 5.56 Å². The molecule has 0 bridgehead atoms. The smallest absolute Gasteiger partial charge is 0.157 e. The molecule has 1 aromatic carbocycles. The summed E-state index contributed by atoms with van der Waals surface area (Å²) in [5, 5.41) is 18.3. The van der Waals surface area contributed by atoms with Crippen molar-refractivity contribution in [3.63, 3.8) is 0 Å². The lowest BCUT2D eigenvalue weighted by Gasteiger charge is -2.16. The maximum atomic E-state index is 9.16. The first-order valence-electron chi connectivity index (χ1n) is 4.63. The zero-order valence-electron chi connectivity index (χ0n) is 7.48. The molecule has 1 aromatic rings. The standard InChI is InChI=1S/C11H14O2/c12-10(13)11(6-7-11)8-9-4-2-1-3-5-9/h1-5,10,12-13H,6-8H2. The van der Waals surface area contributed by atoms with Crippen LogP contribution in [0.25, 0.3) is 0 Å². The Kier molecular flexibility index (Phi) is 2.10. The molecule has 0 saturated heterocycles. The topological polar surface area (TPSA) is 40.5 Å². The van der Waals surface area contributed by atoms with Crippen LogP contribution in [-0.2, 0) is 6.42 Å². The van der Waals surface area contributed by atoms with Crippen LogP contribution in [0, 0.1) is 5.41 Å². The Morgan fingerprint density at radius 3 is 2.23 bits per heavy atom. The summed E-state index contributed by atoms with van der Waals surface area (Å²) in [5.74, 6) is 0. The zero-order chi connectivity index (χ0) is 9.31. The first-order chi connectivity index (χ1) is 6.23. The highest BCUT2D eigenvalue weighted by Gasteiger charge is 2.48. The molecular weight excluding hydrogens is 164 g/mol. The highest BCUT2D eigenvalue weighted by molar-refractivity contribution is 5.18. The van der Waals surface area contributed by atoms with Crippen molar-refractivity contribution in [3.8, 4) is 0 Å². The molecule has 2 rings (SSSR count). The SMILES string of the molecule is OC(O)C1(Cc2ccccc2)CC1. The number of aliphatic hydroxyl groups excluding tert-OH is 1. The van der Waals surface area contributed by atoms with Gasteiger partial charge in [-0.05, 0) is 24.8 Å². The molecule has 0 aliphatic heterocycles. The molecule has 1 fully saturated rings. The van der Waals surface area contributed by atoms with Gasteiger partial charge >= 0.3 is 0 Å². The van der Waals surface area contributed by atoms with Crippen molar-refractivity contribution >= 4 is 0 Å². The summed E-state index contributed by atoms with van der Waals surface area (Å²) in [5.41, 5.74) is 0.953. The average Bonchev–Trinajstić information content (AvgIpc) is 2.87. The van der Waals surface area contributed by atoms with Gasteiger partial charge < -0.3 is 10.2 Å². The molecule has 0 radical (unpaired) electrons. The quantitative estimate of drug-likeness (QED) is 0.685. The number of rotatable bonds is 3. The van der Waals surface area contributed by atoms with Gasteiger partial charge in [0.05, 0.1) is 0 Å². The Hall–Kier alpha value is -0.860. The fraction of sp³-hybridized carbons (Fsp3) is 0.455. The summed E-state index contributed by atoms with van der Waals surface area (Å²) in [6.07, 6.45) is 1.48. The molecule has 2 heteroatoms. The number of benzene rings is 1. The van der Waals surface area contributed by atoms with Crippen molar-refractivity contribution in [2.45, 2.75) is 25.6 Å². The molecule has 13 heavy (non-hydrogen) atoms. The van der Waals surface area contributed by atoms with Crippen molar-refractivity contribution in [2.24, 2.45) is 5.41 Å². The lowest BCUT2D eigenvalue weighted by molar-refractivity contribution is -0.0949.